The number of carbonyl (C=O) groups excluding carboxylic acids is 2. The Hall–Kier alpha value is -0.191. The van der Waals surface area contributed by atoms with Crippen LogP contribution in [-0.2, 0) is 64.4 Å². The first-order chi connectivity index (χ1) is 18.0. The van der Waals surface area contributed by atoms with Gasteiger partial charge in [-0.3, -0.25) is 9.59 Å². The topological polar surface area (TPSA) is 263 Å². The molecule has 2 heterocycles. The van der Waals surface area contributed by atoms with E-state index in [0.717, 1.165) is 0 Å². The van der Waals surface area contributed by atoms with Crippen molar-refractivity contribution in [3.05, 3.63) is 0 Å². The van der Waals surface area contributed by atoms with Crippen molar-refractivity contribution < 1.29 is 80.0 Å². The molecular formula is C20H36N4O12S2Tc-2. The molecule has 0 bridgehead atoms. The van der Waals surface area contributed by atoms with Gasteiger partial charge < -0.3 is 96.9 Å². The first-order valence-electron chi connectivity index (χ1n) is 11.8. The van der Waals surface area contributed by atoms with Gasteiger partial charge in [0.15, 0.2) is 12.6 Å². The number of aliphatic hydroxyl groups is 8. The van der Waals surface area contributed by atoms with Crippen molar-refractivity contribution in [3.8, 4) is 0 Å². The van der Waals surface area contributed by atoms with Crippen LogP contribution >= 0.6 is 0 Å². The first kappa shape index (κ1) is 36.8. The third kappa shape index (κ3) is 9.67. The van der Waals surface area contributed by atoms with Crippen LogP contribution < -0.4 is 21.3 Å². The van der Waals surface area contributed by atoms with E-state index in [9.17, 15) is 40.2 Å². The SMILES string of the molecule is O=C(N[C@@H]1[C@@H](O)[C@H](O)[C@@H](CO)O[C@H]1O)[C@H](C[S-])NCCN[C@@H](C[S-])C(=O)N[C@H]1[C@H](O)[C@@H](O)[C@H](CO)O[C@@H]1O.[Tc]. The van der Waals surface area contributed by atoms with Crippen LogP contribution in [-0.4, -0.2) is 164 Å². The van der Waals surface area contributed by atoms with Gasteiger partial charge in [-0.15, -0.1) is 0 Å². The summed E-state index contributed by atoms with van der Waals surface area (Å²) in [6.07, 6.45) is -12.1. The summed E-state index contributed by atoms with van der Waals surface area (Å²) >= 11 is 9.97. The largest absolute Gasteiger partial charge is 0.791 e. The summed E-state index contributed by atoms with van der Waals surface area (Å²) in [4.78, 5) is 25.2. The summed E-state index contributed by atoms with van der Waals surface area (Å²) in [6, 6.07) is -4.67. The molecule has 0 aromatic carbocycles. The summed E-state index contributed by atoms with van der Waals surface area (Å²) in [5.74, 6) is -1.60. The van der Waals surface area contributed by atoms with E-state index in [4.69, 9.17) is 44.9 Å². The zero-order chi connectivity index (χ0) is 28.6. The molecule has 2 fully saturated rings. The van der Waals surface area contributed by atoms with E-state index in [2.05, 4.69) is 21.3 Å². The van der Waals surface area contributed by atoms with Crippen LogP contribution in [0.1, 0.15) is 0 Å². The molecule has 1 radical (unpaired) electrons. The van der Waals surface area contributed by atoms with Crippen molar-refractivity contribution >= 4 is 37.1 Å². The Morgan fingerprint density at radius 2 is 1.00 bits per heavy atom. The predicted octanol–water partition coefficient (Wildman–Crippen LogP) is -8.17. The molecule has 16 nitrogen and oxygen atoms in total. The van der Waals surface area contributed by atoms with Gasteiger partial charge in [0.05, 0.1) is 25.3 Å². The predicted molar refractivity (Wildman–Crippen MR) is 132 cm³/mol. The van der Waals surface area contributed by atoms with E-state index in [1.54, 1.807) is 0 Å². The standard InChI is InChI=1S/C20H38N4O12S2.Tc/c25-3-9-13(27)15(29)11(19(33)35-9)23-17(31)7(5-37)21-1-2-22-8(6-38)18(32)24-12-16(30)14(28)10(4-26)36-20(12)34;/h7-16,19-22,25-30,33-34,37-38H,1-6H2,(H,23,31)(H,24,32);/p-2/t7-,8-,9-,10+,11-,12+,13-,14+,15-,16+,19-,20+;/m0./s1. The third-order valence-electron chi connectivity index (χ3n) is 6.29. The molecule has 2 aliphatic heterocycles. The Bertz CT molecular complexity index is 707. The molecule has 0 aromatic heterocycles. The van der Waals surface area contributed by atoms with Crippen LogP contribution in [0.25, 0.3) is 0 Å². The molecule has 2 amide bonds. The molecule has 229 valence electrons. The summed E-state index contributed by atoms with van der Waals surface area (Å²) in [5, 5.41) is 89.0. The summed E-state index contributed by atoms with van der Waals surface area (Å²) in [5.41, 5.74) is 0. The fraction of sp³-hybridized carbons (Fsp3) is 0.900. The molecular weight excluding hydrogens is 650 g/mol. The first-order valence-corrected chi connectivity index (χ1v) is 13.0. The molecule has 12 N–H and O–H groups in total. The number of nitrogens with one attached hydrogen (secondary N) is 4. The Kier molecular flexibility index (Phi) is 16.7. The normalized spacial score (nSPS) is 36.4. The average Bonchev–Trinajstić information content (AvgIpc) is 2.90. The molecule has 2 rings (SSSR count). The van der Waals surface area contributed by atoms with Gasteiger partial charge in [0.25, 0.3) is 0 Å². The van der Waals surface area contributed by atoms with Gasteiger partial charge in [-0.05, 0) is 0 Å². The fourth-order valence-corrected chi connectivity index (χ4v) is 4.52. The molecule has 0 aliphatic carbocycles. The Morgan fingerprint density at radius 1 is 0.667 bits per heavy atom. The van der Waals surface area contributed by atoms with Gasteiger partial charge in [0, 0.05) is 33.2 Å². The summed E-state index contributed by atoms with van der Waals surface area (Å²) < 4.78 is 10.0. The zero-order valence-electron chi connectivity index (χ0n) is 20.6. The smallest absolute Gasteiger partial charge is 0.235 e. The van der Waals surface area contributed by atoms with Gasteiger partial charge in [-0.1, -0.05) is 0 Å². The second kappa shape index (κ2) is 17.7. The third-order valence-corrected chi connectivity index (χ3v) is 6.96. The zero-order valence-corrected chi connectivity index (χ0v) is 24.1. The quantitative estimate of drug-likeness (QED) is 0.0634. The molecule has 39 heavy (non-hydrogen) atoms. The van der Waals surface area contributed by atoms with Gasteiger partial charge >= 0.3 is 0 Å². The number of hydrogen-bond acceptors (Lipinski definition) is 16. The molecule has 0 spiro atoms. The molecule has 0 saturated carbocycles. The minimum Gasteiger partial charge on any atom is -0.791 e. The van der Waals surface area contributed by atoms with Crippen LogP contribution in [0.2, 0.25) is 0 Å². The number of carbonyl (C=O) groups is 2. The van der Waals surface area contributed by atoms with Crippen molar-refractivity contribution in [3.63, 3.8) is 0 Å². The maximum atomic E-state index is 12.6. The molecule has 2 aliphatic rings. The number of hydrogen-bond donors (Lipinski definition) is 12. The second-order valence-corrected chi connectivity index (χ2v) is 9.54. The second-order valence-electron chi connectivity index (χ2n) is 8.87. The van der Waals surface area contributed by atoms with Gasteiger partial charge in [0.1, 0.15) is 48.7 Å². The Labute approximate surface area is 249 Å². The van der Waals surface area contributed by atoms with E-state index < -0.39 is 98.4 Å². The van der Waals surface area contributed by atoms with Crippen LogP contribution in [0.4, 0.5) is 0 Å². The van der Waals surface area contributed by atoms with Gasteiger partial charge in [0.2, 0.25) is 11.8 Å². The van der Waals surface area contributed by atoms with Crippen molar-refractivity contribution in [2.45, 2.75) is 73.4 Å². The molecule has 12 atom stereocenters. The van der Waals surface area contributed by atoms with E-state index in [-0.39, 0.29) is 44.7 Å². The minimum atomic E-state index is -1.68. The average molecular weight is 687 g/mol. The summed E-state index contributed by atoms with van der Waals surface area (Å²) in [7, 11) is 0. The Morgan fingerprint density at radius 3 is 1.28 bits per heavy atom. The number of amides is 2. The van der Waals surface area contributed by atoms with Crippen molar-refractivity contribution in [2.24, 2.45) is 0 Å². The van der Waals surface area contributed by atoms with Crippen molar-refractivity contribution in [2.75, 3.05) is 37.8 Å². The molecule has 0 aromatic rings. The van der Waals surface area contributed by atoms with E-state index in [0.29, 0.717) is 0 Å². The van der Waals surface area contributed by atoms with Crippen molar-refractivity contribution in [1.82, 2.24) is 21.3 Å². The Balaban J connectivity index is 0.00000760. The van der Waals surface area contributed by atoms with E-state index in [1.807, 2.05) is 0 Å². The fourth-order valence-electron chi connectivity index (χ4n) is 3.98. The van der Waals surface area contributed by atoms with Crippen LogP contribution in [0.5, 0.6) is 0 Å². The molecule has 2 saturated heterocycles. The van der Waals surface area contributed by atoms with Gasteiger partial charge in [-0.25, -0.2) is 0 Å². The van der Waals surface area contributed by atoms with Crippen LogP contribution in [0.15, 0.2) is 0 Å². The molecule has 19 heteroatoms. The monoisotopic (exact) mass is 685 g/mol. The molecule has 0 unspecified atom stereocenters. The number of ether oxygens (including phenoxy) is 2. The van der Waals surface area contributed by atoms with E-state index in [1.165, 1.54) is 0 Å². The minimum absolute atomic E-state index is 0. The maximum Gasteiger partial charge on any atom is 0.235 e. The van der Waals surface area contributed by atoms with Crippen LogP contribution in [0.3, 0.4) is 0 Å². The van der Waals surface area contributed by atoms with Crippen molar-refractivity contribution in [1.29, 1.82) is 0 Å². The van der Waals surface area contributed by atoms with Crippen LogP contribution in [0, 0.1) is 0 Å². The number of aliphatic hydroxyl groups excluding tert-OH is 8. The van der Waals surface area contributed by atoms with Gasteiger partial charge in [-0.2, -0.15) is 11.5 Å². The summed E-state index contributed by atoms with van der Waals surface area (Å²) in [6.45, 7) is -1.07. The van der Waals surface area contributed by atoms with E-state index >= 15 is 0 Å². The number of rotatable bonds is 13. The maximum absolute atomic E-state index is 12.6.